The molecule has 1 aliphatic heterocycles. The Morgan fingerprint density at radius 3 is 2.36 bits per heavy atom. The molecule has 0 unspecified atom stereocenters. The molecule has 1 aliphatic carbocycles. The quantitative estimate of drug-likeness (QED) is 0.646. The molecular formula is C9H17NO. The van der Waals surface area contributed by atoms with Crippen molar-refractivity contribution >= 4 is 0 Å². The fourth-order valence-corrected chi connectivity index (χ4v) is 2.25. The Morgan fingerprint density at radius 1 is 1.27 bits per heavy atom. The zero-order valence-corrected chi connectivity index (χ0v) is 7.23. The molecule has 11 heavy (non-hydrogen) atoms. The first-order valence-corrected chi connectivity index (χ1v) is 4.63. The second-order valence-corrected chi connectivity index (χ2v) is 3.79. The van der Waals surface area contributed by atoms with Gasteiger partial charge in [0.05, 0.1) is 5.60 Å². The third kappa shape index (κ3) is 1.30. The summed E-state index contributed by atoms with van der Waals surface area (Å²) in [6, 6.07) is 0. The van der Waals surface area contributed by atoms with Crippen LogP contribution in [0.25, 0.3) is 0 Å². The van der Waals surface area contributed by atoms with Crippen molar-refractivity contribution in [3.8, 4) is 0 Å². The highest BCUT2D eigenvalue weighted by Gasteiger charge is 2.49. The zero-order chi connectivity index (χ0) is 7.73. The summed E-state index contributed by atoms with van der Waals surface area (Å²) in [4.78, 5) is 0. The minimum Gasteiger partial charge on any atom is -0.378 e. The van der Waals surface area contributed by atoms with Gasteiger partial charge in [0.1, 0.15) is 0 Å². The Labute approximate surface area is 68.3 Å². The molecule has 0 aromatic carbocycles. The Balaban J connectivity index is 1.92. The van der Waals surface area contributed by atoms with Crippen LogP contribution in [0.15, 0.2) is 0 Å². The molecule has 0 amide bonds. The van der Waals surface area contributed by atoms with Crippen molar-refractivity contribution in [2.45, 2.75) is 31.3 Å². The summed E-state index contributed by atoms with van der Waals surface area (Å²) < 4.78 is 5.56. The van der Waals surface area contributed by atoms with Crippen molar-refractivity contribution in [1.29, 1.82) is 0 Å². The van der Waals surface area contributed by atoms with Crippen molar-refractivity contribution in [3.63, 3.8) is 0 Å². The lowest BCUT2D eigenvalue weighted by atomic mass is 9.90. The van der Waals surface area contributed by atoms with E-state index < -0.39 is 0 Å². The molecule has 0 radical (unpaired) electrons. The van der Waals surface area contributed by atoms with Gasteiger partial charge in [0, 0.05) is 7.11 Å². The third-order valence-corrected chi connectivity index (χ3v) is 3.23. The highest BCUT2D eigenvalue weighted by atomic mass is 16.5. The summed E-state index contributed by atoms with van der Waals surface area (Å²) in [6.07, 6.45) is 5.23. The van der Waals surface area contributed by atoms with Gasteiger partial charge in [0.15, 0.2) is 0 Å². The topological polar surface area (TPSA) is 21.3 Å². The molecular weight excluding hydrogens is 138 g/mol. The standard InChI is InChI=1S/C9H17NO/c1-11-9(4-5-9)8-2-6-10-7-3-8/h8,10H,2-7H2,1H3. The molecule has 2 aliphatic rings. The number of hydrogen-bond acceptors (Lipinski definition) is 2. The number of methoxy groups -OCH3 is 1. The van der Waals surface area contributed by atoms with E-state index in [2.05, 4.69) is 5.32 Å². The molecule has 0 spiro atoms. The minimum absolute atomic E-state index is 0.322. The fourth-order valence-electron chi connectivity index (χ4n) is 2.25. The Bertz CT molecular complexity index is 136. The van der Waals surface area contributed by atoms with Crippen LogP contribution in [0.5, 0.6) is 0 Å². The van der Waals surface area contributed by atoms with E-state index in [1.807, 2.05) is 7.11 Å². The van der Waals surface area contributed by atoms with Crippen molar-refractivity contribution in [2.24, 2.45) is 5.92 Å². The van der Waals surface area contributed by atoms with Crippen LogP contribution >= 0.6 is 0 Å². The normalized spacial score (nSPS) is 30.3. The molecule has 1 saturated carbocycles. The lowest BCUT2D eigenvalue weighted by Crippen LogP contribution is -2.36. The van der Waals surface area contributed by atoms with Crippen LogP contribution < -0.4 is 5.32 Å². The molecule has 64 valence electrons. The van der Waals surface area contributed by atoms with Gasteiger partial charge in [-0.1, -0.05) is 0 Å². The maximum Gasteiger partial charge on any atom is 0.0709 e. The molecule has 0 aromatic rings. The molecule has 2 rings (SSSR count). The molecule has 0 aromatic heterocycles. The van der Waals surface area contributed by atoms with Crippen LogP contribution in [-0.4, -0.2) is 25.8 Å². The Kier molecular flexibility index (Phi) is 1.90. The molecule has 1 saturated heterocycles. The van der Waals surface area contributed by atoms with Crippen molar-refractivity contribution in [3.05, 3.63) is 0 Å². The average Bonchev–Trinajstić information content (AvgIpc) is 2.86. The second kappa shape index (κ2) is 2.76. The average molecular weight is 155 g/mol. The van der Waals surface area contributed by atoms with E-state index in [0.717, 1.165) is 5.92 Å². The van der Waals surface area contributed by atoms with E-state index in [-0.39, 0.29) is 0 Å². The number of rotatable bonds is 2. The summed E-state index contributed by atoms with van der Waals surface area (Å²) in [5, 5.41) is 3.38. The van der Waals surface area contributed by atoms with Crippen molar-refractivity contribution < 1.29 is 4.74 Å². The van der Waals surface area contributed by atoms with Gasteiger partial charge in [-0.25, -0.2) is 0 Å². The predicted molar refractivity (Wildman–Crippen MR) is 44.6 cm³/mol. The van der Waals surface area contributed by atoms with E-state index in [1.54, 1.807) is 0 Å². The van der Waals surface area contributed by atoms with Gasteiger partial charge in [-0.15, -0.1) is 0 Å². The highest BCUT2D eigenvalue weighted by Crippen LogP contribution is 2.48. The number of nitrogens with one attached hydrogen (secondary N) is 1. The van der Waals surface area contributed by atoms with Gasteiger partial charge >= 0.3 is 0 Å². The van der Waals surface area contributed by atoms with Crippen LogP contribution in [0, 0.1) is 5.92 Å². The number of hydrogen-bond donors (Lipinski definition) is 1. The van der Waals surface area contributed by atoms with E-state index in [9.17, 15) is 0 Å². The van der Waals surface area contributed by atoms with Crippen molar-refractivity contribution in [2.75, 3.05) is 20.2 Å². The largest absolute Gasteiger partial charge is 0.378 e. The van der Waals surface area contributed by atoms with Crippen LogP contribution in [0.4, 0.5) is 0 Å². The summed E-state index contributed by atoms with van der Waals surface area (Å²) >= 11 is 0. The van der Waals surface area contributed by atoms with Gasteiger partial charge in [0.25, 0.3) is 0 Å². The second-order valence-electron chi connectivity index (χ2n) is 3.79. The SMILES string of the molecule is COC1(C2CCNCC2)CC1. The summed E-state index contributed by atoms with van der Waals surface area (Å²) in [5.41, 5.74) is 0.322. The van der Waals surface area contributed by atoms with Gasteiger partial charge in [0.2, 0.25) is 0 Å². The Hall–Kier alpha value is -0.0800. The Morgan fingerprint density at radius 2 is 1.91 bits per heavy atom. The van der Waals surface area contributed by atoms with Gasteiger partial charge in [-0.05, 0) is 44.7 Å². The lowest BCUT2D eigenvalue weighted by molar-refractivity contribution is 0.0164. The van der Waals surface area contributed by atoms with Crippen LogP contribution in [0.2, 0.25) is 0 Å². The van der Waals surface area contributed by atoms with E-state index in [0.29, 0.717) is 5.60 Å². The monoisotopic (exact) mass is 155 g/mol. The third-order valence-electron chi connectivity index (χ3n) is 3.23. The van der Waals surface area contributed by atoms with Crippen LogP contribution in [-0.2, 0) is 4.74 Å². The first kappa shape index (κ1) is 7.56. The molecule has 2 nitrogen and oxygen atoms in total. The highest BCUT2D eigenvalue weighted by molar-refractivity contribution is 5.01. The smallest absolute Gasteiger partial charge is 0.0709 e. The first-order valence-electron chi connectivity index (χ1n) is 4.63. The maximum atomic E-state index is 5.56. The number of ether oxygens (including phenoxy) is 1. The van der Waals surface area contributed by atoms with Crippen LogP contribution in [0.3, 0.4) is 0 Å². The summed E-state index contributed by atoms with van der Waals surface area (Å²) in [5.74, 6) is 0.841. The molecule has 1 heterocycles. The molecule has 2 heteroatoms. The molecule has 0 bridgehead atoms. The van der Waals surface area contributed by atoms with Gasteiger partial charge < -0.3 is 10.1 Å². The lowest BCUT2D eigenvalue weighted by Gasteiger charge is -2.29. The fraction of sp³-hybridized carbons (Fsp3) is 1.00. The minimum atomic E-state index is 0.322. The van der Waals surface area contributed by atoms with Gasteiger partial charge in [-0.2, -0.15) is 0 Å². The van der Waals surface area contributed by atoms with Crippen molar-refractivity contribution in [1.82, 2.24) is 5.32 Å². The van der Waals surface area contributed by atoms with Gasteiger partial charge in [-0.3, -0.25) is 0 Å². The zero-order valence-electron chi connectivity index (χ0n) is 7.23. The molecule has 0 atom stereocenters. The summed E-state index contributed by atoms with van der Waals surface area (Å²) in [6.45, 7) is 2.38. The maximum absolute atomic E-state index is 5.56. The summed E-state index contributed by atoms with van der Waals surface area (Å²) in [7, 11) is 1.87. The van der Waals surface area contributed by atoms with E-state index in [1.165, 1.54) is 38.8 Å². The first-order chi connectivity index (χ1) is 5.37. The van der Waals surface area contributed by atoms with E-state index in [4.69, 9.17) is 4.74 Å². The van der Waals surface area contributed by atoms with Crippen LogP contribution in [0.1, 0.15) is 25.7 Å². The number of piperidine rings is 1. The molecule has 2 fully saturated rings. The predicted octanol–water partition coefficient (Wildman–Crippen LogP) is 1.16. The molecule has 1 N–H and O–H groups in total. The van der Waals surface area contributed by atoms with E-state index >= 15 is 0 Å².